The molecule has 1 rings (SSSR count). The lowest BCUT2D eigenvalue weighted by molar-refractivity contribution is -0.141. The van der Waals surface area contributed by atoms with Crippen LogP contribution in [0.25, 0.3) is 0 Å². The Kier molecular flexibility index (Phi) is 4.67. The van der Waals surface area contributed by atoms with E-state index in [1.807, 2.05) is 12.2 Å². The Balaban J connectivity index is 2.55. The molecule has 0 aliphatic heterocycles. The maximum absolute atomic E-state index is 10.6. The predicted octanol–water partition coefficient (Wildman–Crippen LogP) is -0.138. The van der Waals surface area contributed by atoms with Crippen molar-refractivity contribution in [2.75, 3.05) is 6.61 Å². The quantitative estimate of drug-likeness (QED) is 0.491. The number of carboxylic acids is 1. The van der Waals surface area contributed by atoms with Crippen LogP contribution in [0, 0.1) is 5.92 Å². The highest BCUT2D eigenvalue weighted by molar-refractivity contribution is 5.73. The maximum Gasteiger partial charge on any atom is 0.323 e. The zero-order chi connectivity index (χ0) is 12.1. The van der Waals surface area contributed by atoms with E-state index in [1.165, 1.54) is 0 Å². The minimum absolute atomic E-state index is 0.434. The number of nitrogens with one attached hydrogen (secondary N) is 1. The summed E-state index contributed by atoms with van der Waals surface area (Å²) in [6.07, 6.45) is 5.34. The van der Waals surface area contributed by atoms with Gasteiger partial charge in [0.25, 0.3) is 0 Å². The van der Waals surface area contributed by atoms with Gasteiger partial charge < -0.3 is 15.3 Å². The number of aliphatic carboxylic acids is 1. The van der Waals surface area contributed by atoms with Crippen LogP contribution >= 0.6 is 0 Å². The Morgan fingerprint density at radius 1 is 1.69 bits per heavy atom. The molecule has 0 spiro atoms. The van der Waals surface area contributed by atoms with Gasteiger partial charge in [0, 0.05) is 0 Å². The lowest BCUT2D eigenvalue weighted by Crippen LogP contribution is -2.46. The second kappa shape index (κ2) is 5.79. The predicted molar refractivity (Wildman–Crippen MR) is 58.7 cm³/mol. The van der Waals surface area contributed by atoms with Gasteiger partial charge in [-0.05, 0) is 17.9 Å². The van der Waals surface area contributed by atoms with Crippen LogP contribution in [0.3, 0.4) is 0 Å². The van der Waals surface area contributed by atoms with Crippen LogP contribution in [-0.4, -0.2) is 40.2 Å². The molecule has 5 nitrogen and oxygen atoms in total. The maximum atomic E-state index is 10.6. The van der Waals surface area contributed by atoms with E-state index in [9.17, 15) is 9.90 Å². The van der Waals surface area contributed by atoms with Gasteiger partial charge in [-0.2, -0.15) is 0 Å². The highest BCUT2D eigenvalue weighted by Gasteiger charge is 2.21. The fraction of sp³-hybridized carbons (Fsp3) is 0.545. The molecule has 1 aliphatic rings. The smallest absolute Gasteiger partial charge is 0.323 e. The molecule has 0 saturated carbocycles. The van der Waals surface area contributed by atoms with E-state index >= 15 is 0 Å². The van der Waals surface area contributed by atoms with E-state index < -0.39 is 24.8 Å². The Hall–Kier alpha value is -1.17. The van der Waals surface area contributed by atoms with Crippen molar-refractivity contribution in [1.29, 1.82) is 0 Å². The Morgan fingerprint density at radius 3 is 2.81 bits per heavy atom. The van der Waals surface area contributed by atoms with E-state index in [4.69, 9.17) is 10.2 Å². The summed E-state index contributed by atoms with van der Waals surface area (Å²) < 4.78 is 0. The minimum atomic E-state index is -1.18. The van der Waals surface area contributed by atoms with Crippen molar-refractivity contribution >= 4 is 5.97 Å². The number of carbonyl (C=O) groups is 1. The van der Waals surface area contributed by atoms with Gasteiger partial charge in [0.2, 0.25) is 0 Å². The third-order valence-corrected chi connectivity index (χ3v) is 2.50. The van der Waals surface area contributed by atoms with E-state index in [-0.39, 0.29) is 0 Å². The van der Waals surface area contributed by atoms with E-state index in [0.717, 1.165) is 6.42 Å². The zero-order valence-electron chi connectivity index (χ0n) is 9.13. The number of rotatable bonds is 5. The number of allylic oxidation sites excluding steroid dienone is 2. The van der Waals surface area contributed by atoms with Crippen molar-refractivity contribution in [1.82, 2.24) is 5.32 Å². The van der Waals surface area contributed by atoms with E-state index in [1.54, 1.807) is 6.08 Å². The largest absolute Gasteiger partial charge is 0.480 e. The monoisotopic (exact) mass is 227 g/mol. The summed E-state index contributed by atoms with van der Waals surface area (Å²) in [6, 6.07) is -1.15. The van der Waals surface area contributed by atoms with Gasteiger partial charge in [-0.15, -0.1) is 0 Å². The van der Waals surface area contributed by atoms with Crippen LogP contribution in [0.1, 0.15) is 13.3 Å². The van der Waals surface area contributed by atoms with Gasteiger partial charge in [-0.1, -0.05) is 25.2 Å². The average molecular weight is 227 g/mol. The number of aliphatic hydroxyl groups is 2. The molecular formula is C11H17NO4. The van der Waals surface area contributed by atoms with Gasteiger partial charge in [-0.3, -0.25) is 10.1 Å². The SMILES string of the molecule is CC1C=CC(C(O)NC(CO)C(=O)O)=CC1. The number of aliphatic hydroxyl groups excluding tert-OH is 2. The molecule has 0 saturated heterocycles. The summed E-state index contributed by atoms with van der Waals surface area (Å²) in [6.45, 7) is 1.50. The standard InChI is InChI=1S/C11H17NO4/c1-7-2-4-8(5-3-7)10(14)12-9(6-13)11(15)16/h2,4-5,7,9-10,12-14H,3,6H2,1H3,(H,15,16). The van der Waals surface area contributed by atoms with Gasteiger partial charge >= 0.3 is 5.97 Å². The molecule has 0 heterocycles. The number of hydrogen-bond donors (Lipinski definition) is 4. The van der Waals surface area contributed by atoms with Crippen molar-refractivity contribution in [2.45, 2.75) is 25.6 Å². The van der Waals surface area contributed by atoms with Gasteiger partial charge in [0.05, 0.1) is 6.61 Å². The van der Waals surface area contributed by atoms with Crippen molar-refractivity contribution < 1.29 is 20.1 Å². The Labute approximate surface area is 94.1 Å². The normalized spacial score (nSPS) is 23.7. The Bertz CT molecular complexity index is 311. The first-order valence-electron chi connectivity index (χ1n) is 5.20. The molecule has 0 amide bonds. The summed E-state index contributed by atoms with van der Waals surface area (Å²) in [5.41, 5.74) is 0.637. The molecule has 5 heteroatoms. The second-order valence-electron chi connectivity index (χ2n) is 3.92. The summed E-state index contributed by atoms with van der Waals surface area (Å²) in [4.78, 5) is 10.6. The summed E-state index contributed by atoms with van der Waals surface area (Å²) >= 11 is 0. The van der Waals surface area contributed by atoms with Crippen molar-refractivity contribution in [3.05, 3.63) is 23.8 Å². The molecular weight excluding hydrogens is 210 g/mol. The summed E-state index contributed by atoms with van der Waals surface area (Å²) in [5, 5.41) is 29.6. The van der Waals surface area contributed by atoms with Crippen LogP contribution in [0.15, 0.2) is 23.8 Å². The zero-order valence-corrected chi connectivity index (χ0v) is 9.13. The molecule has 1 aliphatic carbocycles. The van der Waals surface area contributed by atoms with E-state index in [0.29, 0.717) is 11.5 Å². The minimum Gasteiger partial charge on any atom is -0.480 e. The summed E-state index contributed by atoms with van der Waals surface area (Å²) in [5.74, 6) is -0.751. The molecule has 0 bridgehead atoms. The molecule has 90 valence electrons. The van der Waals surface area contributed by atoms with Gasteiger partial charge in [-0.25, -0.2) is 0 Å². The molecule has 0 aromatic heterocycles. The molecule has 0 radical (unpaired) electrons. The van der Waals surface area contributed by atoms with Crippen LogP contribution in [0.2, 0.25) is 0 Å². The fourth-order valence-corrected chi connectivity index (χ4v) is 1.44. The van der Waals surface area contributed by atoms with Crippen molar-refractivity contribution in [3.8, 4) is 0 Å². The highest BCUT2D eigenvalue weighted by atomic mass is 16.4. The molecule has 3 unspecified atom stereocenters. The second-order valence-corrected chi connectivity index (χ2v) is 3.92. The van der Waals surface area contributed by atoms with Crippen molar-refractivity contribution in [2.24, 2.45) is 5.92 Å². The number of hydrogen-bond acceptors (Lipinski definition) is 4. The third kappa shape index (κ3) is 3.44. The Morgan fingerprint density at radius 2 is 2.38 bits per heavy atom. The topological polar surface area (TPSA) is 89.8 Å². The lowest BCUT2D eigenvalue weighted by Gasteiger charge is -2.21. The molecule has 0 aromatic carbocycles. The molecule has 4 N–H and O–H groups in total. The van der Waals surface area contributed by atoms with Crippen LogP contribution in [0.4, 0.5) is 0 Å². The van der Waals surface area contributed by atoms with Crippen molar-refractivity contribution in [3.63, 3.8) is 0 Å². The van der Waals surface area contributed by atoms with Crippen LogP contribution in [-0.2, 0) is 4.79 Å². The molecule has 3 atom stereocenters. The summed E-state index contributed by atoms with van der Waals surface area (Å²) in [7, 11) is 0. The highest BCUT2D eigenvalue weighted by Crippen LogP contribution is 2.17. The fourth-order valence-electron chi connectivity index (χ4n) is 1.44. The third-order valence-electron chi connectivity index (χ3n) is 2.50. The molecule has 0 fully saturated rings. The van der Waals surface area contributed by atoms with Crippen LogP contribution < -0.4 is 5.32 Å². The number of carboxylic acid groups (broad SMARTS) is 1. The van der Waals surface area contributed by atoms with E-state index in [2.05, 4.69) is 12.2 Å². The first-order valence-corrected chi connectivity index (χ1v) is 5.20. The molecule has 0 aromatic rings. The average Bonchev–Trinajstić information content (AvgIpc) is 2.26. The molecule has 16 heavy (non-hydrogen) atoms. The first kappa shape index (κ1) is 12.9. The first-order chi connectivity index (χ1) is 7.54. The lowest BCUT2D eigenvalue weighted by atomic mass is 9.97. The van der Waals surface area contributed by atoms with Gasteiger partial charge in [0.1, 0.15) is 12.3 Å². The van der Waals surface area contributed by atoms with Crippen LogP contribution in [0.5, 0.6) is 0 Å². The van der Waals surface area contributed by atoms with Gasteiger partial charge in [0.15, 0.2) is 0 Å².